The molecule has 1 N–H and O–H groups in total. The van der Waals surface area contributed by atoms with Gasteiger partial charge in [-0.2, -0.15) is 5.10 Å². The van der Waals surface area contributed by atoms with E-state index in [0.29, 0.717) is 35.0 Å². The molecular formula is C24H26ClN7O. The molecule has 2 aromatic heterocycles. The molecule has 1 unspecified atom stereocenters. The van der Waals surface area contributed by atoms with Crippen molar-refractivity contribution in [1.29, 1.82) is 0 Å². The van der Waals surface area contributed by atoms with Crippen molar-refractivity contribution in [3.63, 3.8) is 0 Å². The number of fused-ring (bicyclic) bond motifs is 1. The summed E-state index contributed by atoms with van der Waals surface area (Å²) in [5.74, 6) is 4.04. The monoisotopic (exact) mass is 463 g/mol. The molecule has 5 rings (SSSR count). The molecule has 8 nitrogen and oxygen atoms in total. The van der Waals surface area contributed by atoms with Gasteiger partial charge in [0.2, 0.25) is 5.95 Å². The van der Waals surface area contributed by atoms with Crippen LogP contribution in [0.25, 0.3) is 0 Å². The van der Waals surface area contributed by atoms with Gasteiger partial charge in [0.1, 0.15) is 23.1 Å². The van der Waals surface area contributed by atoms with Crippen molar-refractivity contribution in [2.24, 2.45) is 23.9 Å². The van der Waals surface area contributed by atoms with E-state index in [1.807, 2.05) is 25.2 Å². The molecule has 33 heavy (non-hydrogen) atoms. The molecule has 0 radical (unpaired) electrons. The fourth-order valence-electron chi connectivity index (χ4n) is 4.35. The van der Waals surface area contributed by atoms with E-state index in [1.54, 1.807) is 24.2 Å². The molecule has 0 bridgehead atoms. The quantitative estimate of drug-likeness (QED) is 0.593. The summed E-state index contributed by atoms with van der Waals surface area (Å²) in [6.45, 7) is 3.92. The molecule has 170 valence electrons. The maximum atomic E-state index is 6.48. The van der Waals surface area contributed by atoms with Crippen molar-refractivity contribution >= 4 is 29.1 Å². The number of aromatic nitrogens is 4. The van der Waals surface area contributed by atoms with Crippen LogP contribution in [-0.2, 0) is 13.5 Å². The Morgan fingerprint density at radius 1 is 1.27 bits per heavy atom. The number of allylic oxidation sites excluding steroid dienone is 1. The Morgan fingerprint density at radius 3 is 2.94 bits per heavy atom. The van der Waals surface area contributed by atoms with E-state index >= 15 is 0 Å². The lowest BCUT2D eigenvalue weighted by Crippen LogP contribution is -2.35. The summed E-state index contributed by atoms with van der Waals surface area (Å²) in [5.41, 5.74) is 2.78. The van der Waals surface area contributed by atoms with Crippen molar-refractivity contribution in [3.8, 4) is 5.75 Å². The molecule has 9 heteroatoms. The van der Waals surface area contributed by atoms with E-state index < -0.39 is 0 Å². The number of benzene rings is 1. The number of rotatable bonds is 6. The number of anilines is 2. The first-order chi connectivity index (χ1) is 16.0. The number of nitrogens with one attached hydrogen (secondary N) is 1. The Balaban J connectivity index is 1.38. The van der Waals surface area contributed by atoms with Crippen molar-refractivity contribution in [2.45, 2.75) is 13.3 Å². The van der Waals surface area contributed by atoms with Gasteiger partial charge in [-0.15, -0.1) is 0 Å². The second kappa shape index (κ2) is 8.86. The van der Waals surface area contributed by atoms with Crippen LogP contribution in [0.2, 0.25) is 5.02 Å². The average Bonchev–Trinajstić information content (AvgIpc) is 3.41. The normalized spacial score (nSPS) is 19.7. The highest BCUT2D eigenvalue weighted by atomic mass is 35.5. The highest BCUT2D eigenvalue weighted by Crippen LogP contribution is 2.33. The van der Waals surface area contributed by atoms with Gasteiger partial charge >= 0.3 is 0 Å². The van der Waals surface area contributed by atoms with E-state index in [2.05, 4.69) is 50.4 Å². The molecule has 1 aromatic carbocycles. The lowest BCUT2D eigenvalue weighted by molar-refractivity contribution is 0.259. The Morgan fingerprint density at radius 2 is 2.15 bits per heavy atom. The SMILES string of the molecule is COc1cccc(CC2C=C3N=C(c4nc(Nc5ccnn5C)ncc4Cl)CN3C[C@H]2C)c1. The molecule has 0 fully saturated rings. The molecule has 4 heterocycles. The summed E-state index contributed by atoms with van der Waals surface area (Å²) in [7, 11) is 3.56. The third kappa shape index (κ3) is 4.43. The highest BCUT2D eigenvalue weighted by Gasteiger charge is 2.32. The molecule has 0 saturated heterocycles. The number of hydrogen-bond donors (Lipinski definition) is 1. The Bertz CT molecular complexity index is 1240. The predicted molar refractivity (Wildman–Crippen MR) is 129 cm³/mol. The topological polar surface area (TPSA) is 80.5 Å². The fourth-order valence-corrected chi connectivity index (χ4v) is 4.55. The van der Waals surface area contributed by atoms with E-state index in [1.165, 1.54) is 5.56 Å². The predicted octanol–water partition coefficient (Wildman–Crippen LogP) is 4.07. The van der Waals surface area contributed by atoms with Gasteiger partial charge in [0.25, 0.3) is 0 Å². The zero-order valence-electron chi connectivity index (χ0n) is 18.9. The first kappa shape index (κ1) is 21.5. The average molecular weight is 464 g/mol. The van der Waals surface area contributed by atoms with Crippen LogP contribution >= 0.6 is 11.6 Å². The summed E-state index contributed by atoms with van der Waals surface area (Å²) in [5, 5.41) is 7.83. The zero-order valence-corrected chi connectivity index (χ0v) is 19.6. The van der Waals surface area contributed by atoms with E-state index in [9.17, 15) is 0 Å². The molecule has 0 spiro atoms. The minimum atomic E-state index is 0.398. The van der Waals surface area contributed by atoms with Crippen LogP contribution in [0.1, 0.15) is 18.2 Å². The number of ether oxygens (including phenoxy) is 1. The summed E-state index contributed by atoms with van der Waals surface area (Å²) >= 11 is 6.48. The van der Waals surface area contributed by atoms with Crippen molar-refractivity contribution < 1.29 is 4.74 Å². The zero-order chi connectivity index (χ0) is 22.9. The van der Waals surface area contributed by atoms with Crippen LogP contribution in [-0.4, -0.2) is 50.6 Å². The van der Waals surface area contributed by atoms with Crippen LogP contribution in [0.4, 0.5) is 11.8 Å². The molecule has 0 amide bonds. The van der Waals surface area contributed by atoms with Gasteiger partial charge in [-0.25, -0.2) is 15.0 Å². The Hall–Kier alpha value is -3.39. The molecule has 0 saturated carbocycles. The largest absolute Gasteiger partial charge is 0.497 e. The summed E-state index contributed by atoms with van der Waals surface area (Å²) in [4.78, 5) is 16.2. The van der Waals surface area contributed by atoms with Crippen LogP contribution in [0.5, 0.6) is 5.75 Å². The van der Waals surface area contributed by atoms with Gasteiger partial charge in [0.05, 0.1) is 36.8 Å². The second-order valence-corrected chi connectivity index (χ2v) is 8.92. The minimum absolute atomic E-state index is 0.398. The van der Waals surface area contributed by atoms with Crippen LogP contribution in [0.3, 0.4) is 0 Å². The number of hydrogen-bond acceptors (Lipinski definition) is 7. The summed E-state index contributed by atoms with van der Waals surface area (Å²) in [6, 6.07) is 10.1. The second-order valence-electron chi connectivity index (χ2n) is 8.52. The van der Waals surface area contributed by atoms with E-state index in [4.69, 9.17) is 21.3 Å². The molecule has 3 aromatic rings. The maximum absolute atomic E-state index is 6.48. The Kier molecular flexibility index (Phi) is 5.76. The van der Waals surface area contributed by atoms with Crippen molar-refractivity contribution in [1.82, 2.24) is 24.6 Å². The first-order valence-electron chi connectivity index (χ1n) is 11.0. The lowest BCUT2D eigenvalue weighted by atomic mass is 9.85. The van der Waals surface area contributed by atoms with Crippen LogP contribution in [0.15, 0.2) is 59.6 Å². The third-order valence-electron chi connectivity index (χ3n) is 6.20. The molecule has 2 atom stereocenters. The molecule has 2 aliphatic heterocycles. The third-order valence-corrected chi connectivity index (χ3v) is 6.48. The number of methoxy groups -OCH3 is 1. The summed E-state index contributed by atoms with van der Waals surface area (Å²) in [6.07, 6.45) is 6.57. The first-order valence-corrected chi connectivity index (χ1v) is 11.3. The van der Waals surface area contributed by atoms with E-state index in [-0.39, 0.29) is 0 Å². The highest BCUT2D eigenvalue weighted by molar-refractivity contribution is 6.34. The standard InChI is InChI=1S/C24H26ClN7O/c1-15-13-32-14-20(23-19(25)12-26-24(30-23)29-21-7-8-27-31(21)2)28-22(32)11-17(15)9-16-5-4-6-18(10-16)33-3/h4-8,10-12,15,17H,9,13-14H2,1-3H3,(H,26,29,30)/t15-,17?/m1/s1. The minimum Gasteiger partial charge on any atom is -0.497 e. The maximum Gasteiger partial charge on any atom is 0.229 e. The fraction of sp³-hybridized carbons (Fsp3) is 0.333. The van der Waals surface area contributed by atoms with Gasteiger partial charge in [0.15, 0.2) is 0 Å². The van der Waals surface area contributed by atoms with Gasteiger partial charge < -0.3 is 15.0 Å². The number of aliphatic imine (C=N–C) groups is 1. The molecule has 0 aliphatic carbocycles. The lowest BCUT2D eigenvalue weighted by Gasteiger charge is -2.33. The van der Waals surface area contributed by atoms with Crippen molar-refractivity contribution in [3.05, 3.63) is 70.9 Å². The number of halogens is 1. The Labute approximate surface area is 198 Å². The van der Waals surface area contributed by atoms with Crippen LogP contribution in [0, 0.1) is 11.8 Å². The number of nitrogens with zero attached hydrogens (tertiary/aromatic N) is 6. The van der Waals surface area contributed by atoms with E-state index in [0.717, 1.165) is 36.1 Å². The molecular weight excluding hydrogens is 438 g/mol. The van der Waals surface area contributed by atoms with Gasteiger partial charge in [-0.05, 0) is 42.0 Å². The van der Waals surface area contributed by atoms with Crippen LogP contribution < -0.4 is 10.1 Å². The number of aryl methyl sites for hydroxylation is 1. The summed E-state index contributed by atoms with van der Waals surface area (Å²) < 4.78 is 7.11. The van der Waals surface area contributed by atoms with Gasteiger partial charge in [-0.1, -0.05) is 30.7 Å². The van der Waals surface area contributed by atoms with Crippen molar-refractivity contribution in [2.75, 3.05) is 25.5 Å². The molecule has 2 aliphatic rings. The smallest absolute Gasteiger partial charge is 0.229 e. The van der Waals surface area contributed by atoms with Gasteiger partial charge in [-0.3, -0.25) is 4.68 Å². The van der Waals surface area contributed by atoms with Gasteiger partial charge in [0, 0.05) is 19.7 Å².